The average Bonchev–Trinajstić information content (AvgIpc) is 2.27. The number of carbonyl (C=O) groups excluding carboxylic acids is 1. The van der Waals surface area contributed by atoms with Gasteiger partial charge in [0.15, 0.2) is 0 Å². The van der Waals surface area contributed by atoms with E-state index in [1.165, 1.54) is 32.1 Å². The van der Waals surface area contributed by atoms with Crippen molar-refractivity contribution in [3.63, 3.8) is 0 Å². The molecule has 4 saturated carbocycles. The molecule has 0 aromatic heterocycles. The zero-order valence-electron chi connectivity index (χ0n) is 10.4. The molecule has 4 aliphatic rings. The first-order valence-electron chi connectivity index (χ1n) is 7.15. The molecule has 2 nitrogen and oxygen atoms in total. The molecule has 92 valence electrons. The normalized spacial score (nSPS) is 42.4. The molecule has 0 aromatic carbocycles. The summed E-state index contributed by atoms with van der Waals surface area (Å²) in [6.07, 6.45) is 9.07. The molecule has 0 spiro atoms. The van der Waals surface area contributed by atoms with Gasteiger partial charge in [0.1, 0.15) is 5.78 Å². The average molecular weight is 231 g/mol. The van der Waals surface area contributed by atoms with Gasteiger partial charge in [0.05, 0.1) is 12.5 Å². The molecule has 4 aliphatic carbocycles. The molecule has 4 rings (SSSR count). The summed E-state index contributed by atoms with van der Waals surface area (Å²) in [5.41, 5.74) is 0. The van der Waals surface area contributed by atoms with Gasteiger partial charge in [-0.25, -0.2) is 0 Å². The lowest BCUT2D eigenvalue weighted by atomic mass is 9.51. The van der Waals surface area contributed by atoms with E-state index < -0.39 is 0 Å². The Labute approximate surface area is 103 Å². The van der Waals surface area contributed by atoms with E-state index in [9.17, 15) is 4.79 Å². The van der Waals surface area contributed by atoms with Gasteiger partial charge in [0.2, 0.25) is 0 Å². The van der Waals surface area contributed by atoms with Crippen LogP contribution in [-0.2, 0) is 4.79 Å². The molecule has 0 aliphatic heterocycles. The summed E-state index contributed by atoms with van der Waals surface area (Å²) in [6.45, 7) is 0. The van der Waals surface area contributed by atoms with E-state index in [1.54, 1.807) is 0 Å². The number of Topliss-reactive ketones (excluding diaryl/α,β-unsaturated/α-hetero) is 1. The maximum absolute atomic E-state index is 11.5. The maximum atomic E-state index is 11.5. The minimum absolute atomic E-state index is 0.118. The number of nitriles is 1. The highest BCUT2D eigenvalue weighted by atomic mass is 16.1. The standard InChI is InChI=1S/C15H21NO/c16-4-3-14(17)1-2-15-12-6-10-5-11(8-12)9-13(15)7-10/h10-13,15H,1-3,5-9H2. The third kappa shape index (κ3) is 2.12. The fraction of sp³-hybridized carbons (Fsp3) is 0.867. The maximum Gasteiger partial charge on any atom is 0.146 e. The summed E-state index contributed by atoms with van der Waals surface area (Å²) < 4.78 is 0. The van der Waals surface area contributed by atoms with Crippen molar-refractivity contribution < 1.29 is 4.79 Å². The highest BCUT2D eigenvalue weighted by molar-refractivity contribution is 5.80. The van der Waals surface area contributed by atoms with E-state index in [0.717, 1.165) is 36.0 Å². The molecule has 0 atom stereocenters. The van der Waals surface area contributed by atoms with Crippen LogP contribution >= 0.6 is 0 Å². The Bertz CT molecular complexity index is 326. The second-order valence-electron chi connectivity index (χ2n) is 6.51. The van der Waals surface area contributed by atoms with Gasteiger partial charge in [0, 0.05) is 6.42 Å². The monoisotopic (exact) mass is 231 g/mol. The van der Waals surface area contributed by atoms with E-state index in [0.29, 0.717) is 6.42 Å². The van der Waals surface area contributed by atoms with E-state index in [4.69, 9.17) is 5.26 Å². The summed E-state index contributed by atoms with van der Waals surface area (Å²) >= 11 is 0. The van der Waals surface area contributed by atoms with Crippen molar-refractivity contribution in [2.45, 2.75) is 51.4 Å². The number of rotatable bonds is 4. The smallest absolute Gasteiger partial charge is 0.146 e. The first-order valence-corrected chi connectivity index (χ1v) is 7.15. The van der Waals surface area contributed by atoms with Crippen molar-refractivity contribution in [1.82, 2.24) is 0 Å². The minimum atomic E-state index is 0.118. The second kappa shape index (κ2) is 4.44. The van der Waals surface area contributed by atoms with Crippen molar-refractivity contribution >= 4 is 5.78 Å². The highest BCUT2D eigenvalue weighted by Gasteiger charge is 2.47. The van der Waals surface area contributed by atoms with Crippen molar-refractivity contribution in [2.75, 3.05) is 0 Å². The van der Waals surface area contributed by atoms with Crippen LogP contribution in [0.3, 0.4) is 0 Å². The molecule has 0 N–H and O–H groups in total. The fourth-order valence-corrected chi connectivity index (χ4v) is 5.01. The number of carbonyl (C=O) groups is 1. The molecule has 4 fully saturated rings. The Balaban J connectivity index is 1.57. The largest absolute Gasteiger partial charge is 0.299 e. The van der Waals surface area contributed by atoms with Crippen LogP contribution in [0.2, 0.25) is 0 Å². The highest BCUT2D eigenvalue weighted by Crippen LogP contribution is 2.57. The molecule has 0 amide bonds. The third-order valence-corrected chi connectivity index (χ3v) is 5.45. The molecular weight excluding hydrogens is 210 g/mol. The number of nitrogens with zero attached hydrogens (tertiary/aromatic N) is 1. The lowest BCUT2D eigenvalue weighted by Gasteiger charge is -2.54. The van der Waals surface area contributed by atoms with Crippen molar-refractivity contribution in [3.8, 4) is 6.07 Å². The first kappa shape index (κ1) is 11.3. The summed E-state index contributed by atoms with van der Waals surface area (Å²) in [7, 11) is 0. The second-order valence-corrected chi connectivity index (χ2v) is 6.51. The van der Waals surface area contributed by atoms with Crippen molar-refractivity contribution in [3.05, 3.63) is 0 Å². The summed E-state index contributed by atoms with van der Waals surface area (Å²) in [5, 5.41) is 8.50. The minimum Gasteiger partial charge on any atom is -0.299 e. The lowest BCUT2D eigenvalue weighted by molar-refractivity contribution is -0.119. The molecule has 0 aromatic rings. The molecular formula is C15H21NO. The summed E-state index contributed by atoms with van der Waals surface area (Å²) in [5.74, 6) is 4.83. The van der Waals surface area contributed by atoms with Crippen molar-refractivity contribution in [1.29, 1.82) is 5.26 Å². The zero-order valence-corrected chi connectivity index (χ0v) is 10.4. The third-order valence-electron chi connectivity index (χ3n) is 5.45. The topological polar surface area (TPSA) is 40.9 Å². The molecule has 0 heterocycles. The lowest BCUT2D eigenvalue weighted by Crippen LogP contribution is -2.45. The van der Waals surface area contributed by atoms with Crippen LogP contribution < -0.4 is 0 Å². The van der Waals surface area contributed by atoms with Crippen molar-refractivity contribution in [2.24, 2.45) is 29.6 Å². The summed E-state index contributed by atoms with van der Waals surface area (Å²) in [4.78, 5) is 11.5. The van der Waals surface area contributed by atoms with Gasteiger partial charge in [-0.05, 0) is 68.1 Å². The number of hydrogen-bond donors (Lipinski definition) is 0. The van der Waals surface area contributed by atoms with Gasteiger partial charge in [-0.2, -0.15) is 5.26 Å². The van der Waals surface area contributed by atoms with Gasteiger partial charge in [-0.3, -0.25) is 4.79 Å². The Hall–Kier alpha value is -0.840. The molecule has 0 saturated heterocycles. The Morgan fingerprint density at radius 3 is 2.18 bits per heavy atom. The van der Waals surface area contributed by atoms with Crippen LogP contribution in [0.4, 0.5) is 0 Å². The van der Waals surface area contributed by atoms with Crippen LogP contribution in [0, 0.1) is 40.9 Å². The Morgan fingerprint density at radius 2 is 1.65 bits per heavy atom. The molecule has 4 bridgehead atoms. The zero-order chi connectivity index (χ0) is 11.8. The molecule has 17 heavy (non-hydrogen) atoms. The van der Waals surface area contributed by atoms with E-state index in [1.807, 2.05) is 6.07 Å². The molecule has 2 heteroatoms. The van der Waals surface area contributed by atoms with Crippen LogP contribution in [0.25, 0.3) is 0 Å². The van der Waals surface area contributed by atoms with E-state index in [-0.39, 0.29) is 12.2 Å². The van der Waals surface area contributed by atoms with Gasteiger partial charge < -0.3 is 0 Å². The van der Waals surface area contributed by atoms with E-state index >= 15 is 0 Å². The quantitative estimate of drug-likeness (QED) is 0.744. The van der Waals surface area contributed by atoms with E-state index in [2.05, 4.69) is 0 Å². The SMILES string of the molecule is N#CCC(=O)CCC1C2CC3CC(C2)CC1C3. The van der Waals surface area contributed by atoms with Crippen LogP contribution in [0.15, 0.2) is 0 Å². The van der Waals surface area contributed by atoms with Gasteiger partial charge in [0.25, 0.3) is 0 Å². The van der Waals surface area contributed by atoms with Crippen LogP contribution in [0.1, 0.15) is 51.4 Å². The van der Waals surface area contributed by atoms with Gasteiger partial charge in [-0.1, -0.05) is 0 Å². The Morgan fingerprint density at radius 1 is 1.06 bits per heavy atom. The Kier molecular flexibility index (Phi) is 2.94. The predicted octanol–water partition coefficient (Wildman–Crippen LogP) is 3.32. The predicted molar refractivity (Wildman–Crippen MR) is 65.0 cm³/mol. The van der Waals surface area contributed by atoms with Crippen LogP contribution in [-0.4, -0.2) is 5.78 Å². The molecule has 0 unspecified atom stereocenters. The molecule has 0 radical (unpaired) electrons. The number of ketones is 1. The summed E-state index contributed by atoms with van der Waals surface area (Å²) in [6, 6.07) is 1.97. The van der Waals surface area contributed by atoms with Gasteiger partial charge in [-0.15, -0.1) is 0 Å². The number of hydrogen-bond acceptors (Lipinski definition) is 2. The first-order chi connectivity index (χ1) is 8.26. The van der Waals surface area contributed by atoms with Crippen LogP contribution in [0.5, 0.6) is 0 Å². The fourth-order valence-electron chi connectivity index (χ4n) is 5.01. The van der Waals surface area contributed by atoms with Gasteiger partial charge >= 0.3 is 0 Å².